The van der Waals surface area contributed by atoms with Gasteiger partial charge in [0, 0.05) is 40.2 Å². The second-order valence-electron chi connectivity index (χ2n) is 6.31. The Kier molecular flexibility index (Phi) is 4.42. The van der Waals surface area contributed by atoms with E-state index in [9.17, 15) is 4.79 Å². The summed E-state index contributed by atoms with van der Waals surface area (Å²) in [5, 5.41) is 5.30. The van der Waals surface area contributed by atoms with E-state index in [-0.39, 0.29) is 11.8 Å². The molecule has 0 bridgehead atoms. The van der Waals surface area contributed by atoms with E-state index in [0.717, 1.165) is 16.8 Å². The van der Waals surface area contributed by atoms with Crippen molar-refractivity contribution < 1.29 is 9.32 Å². The number of carbonyl (C=O) groups is 1. The average molecular weight is 388 g/mol. The lowest BCUT2D eigenvalue weighted by Gasteiger charge is -2.17. The summed E-state index contributed by atoms with van der Waals surface area (Å²) >= 11 is 12.2. The van der Waals surface area contributed by atoms with Gasteiger partial charge in [0.2, 0.25) is 5.91 Å². The highest BCUT2D eigenvalue weighted by Gasteiger charge is 2.34. The molecular weight excluding hydrogens is 373 g/mol. The Morgan fingerprint density at radius 3 is 2.81 bits per heavy atom. The maximum atomic E-state index is 12.5. The van der Waals surface area contributed by atoms with Crippen LogP contribution in [0.4, 0.5) is 5.69 Å². The molecule has 1 atom stereocenters. The minimum absolute atomic E-state index is 0.0176. The molecule has 26 heavy (non-hydrogen) atoms. The normalized spacial score (nSPS) is 17.1. The lowest BCUT2D eigenvalue weighted by molar-refractivity contribution is -0.117. The van der Waals surface area contributed by atoms with E-state index in [4.69, 9.17) is 27.7 Å². The van der Waals surface area contributed by atoms with Crippen LogP contribution in [0.15, 0.2) is 47.0 Å². The Hall–Kier alpha value is -2.37. The van der Waals surface area contributed by atoms with Crippen LogP contribution in [0, 0.1) is 6.92 Å². The molecule has 7 heteroatoms. The zero-order valence-electron chi connectivity index (χ0n) is 13.9. The van der Waals surface area contributed by atoms with Crippen molar-refractivity contribution in [2.75, 3.05) is 11.4 Å². The predicted molar refractivity (Wildman–Crippen MR) is 101 cm³/mol. The molecule has 1 aliphatic rings. The summed E-state index contributed by atoms with van der Waals surface area (Å²) in [5.41, 5.74) is 2.51. The number of benzene rings is 2. The van der Waals surface area contributed by atoms with Gasteiger partial charge in [-0.15, -0.1) is 0 Å². The monoisotopic (exact) mass is 387 g/mol. The van der Waals surface area contributed by atoms with E-state index < -0.39 is 0 Å². The van der Waals surface area contributed by atoms with E-state index >= 15 is 0 Å². The highest BCUT2D eigenvalue weighted by Crippen LogP contribution is 2.33. The lowest BCUT2D eigenvalue weighted by Crippen LogP contribution is -2.24. The summed E-state index contributed by atoms with van der Waals surface area (Å²) < 4.78 is 5.36. The number of halogens is 2. The van der Waals surface area contributed by atoms with Gasteiger partial charge in [0.15, 0.2) is 5.82 Å². The fourth-order valence-electron chi connectivity index (χ4n) is 3.02. The third-order valence-corrected chi connectivity index (χ3v) is 5.11. The first-order valence-corrected chi connectivity index (χ1v) is 8.93. The van der Waals surface area contributed by atoms with Crippen molar-refractivity contribution in [1.29, 1.82) is 0 Å². The second-order valence-corrected chi connectivity index (χ2v) is 7.15. The molecule has 1 saturated heterocycles. The Labute approximate surface area is 160 Å². The zero-order chi connectivity index (χ0) is 18.3. The quantitative estimate of drug-likeness (QED) is 0.642. The molecule has 132 valence electrons. The SMILES string of the molecule is Cc1ccc(N2CC(c3noc(-c4cccc(Cl)c4)n3)CC2=O)cc1Cl. The number of hydrogen-bond acceptors (Lipinski definition) is 4. The van der Waals surface area contributed by atoms with Gasteiger partial charge in [-0.05, 0) is 42.8 Å². The Morgan fingerprint density at radius 2 is 2.04 bits per heavy atom. The Morgan fingerprint density at radius 1 is 1.19 bits per heavy atom. The third kappa shape index (κ3) is 3.20. The highest BCUT2D eigenvalue weighted by atomic mass is 35.5. The molecular formula is C19H15Cl2N3O2. The van der Waals surface area contributed by atoms with Crippen molar-refractivity contribution in [3.05, 3.63) is 63.9 Å². The standard InChI is InChI=1S/C19H15Cl2N3O2/c1-11-5-6-15(9-16(11)21)24-10-13(8-17(24)25)18-22-19(26-23-18)12-3-2-4-14(20)7-12/h2-7,9,13H,8,10H2,1H3. The van der Waals surface area contributed by atoms with Crippen molar-refractivity contribution in [2.45, 2.75) is 19.3 Å². The van der Waals surface area contributed by atoms with Crippen LogP contribution < -0.4 is 4.90 Å². The van der Waals surface area contributed by atoms with E-state index in [1.807, 2.05) is 37.3 Å². The van der Waals surface area contributed by atoms with Crippen molar-refractivity contribution >= 4 is 34.8 Å². The smallest absolute Gasteiger partial charge is 0.257 e. The van der Waals surface area contributed by atoms with E-state index in [0.29, 0.717) is 34.7 Å². The first-order valence-electron chi connectivity index (χ1n) is 8.17. The minimum atomic E-state index is -0.126. The molecule has 1 amide bonds. The van der Waals surface area contributed by atoms with Gasteiger partial charge in [-0.3, -0.25) is 4.79 Å². The van der Waals surface area contributed by atoms with Gasteiger partial charge in [-0.1, -0.05) is 40.5 Å². The number of aryl methyl sites for hydroxylation is 1. The molecule has 0 saturated carbocycles. The third-order valence-electron chi connectivity index (χ3n) is 4.47. The van der Waals surface area contributed by atoms with Crippen LogP contribution in [0.25, 0.3) is 11.5 Å². The summed E-state index contributed by atoms with van der Waals surface area (Å²) in [6.07, 6.45) is 0.333. The Balaban J connectivity index is 1.56. The highest BCUT2D eigenvalue weighted by molar-refractivity contribution is 6.31. The summed E-state index contributed by atoms with van der Waals surface area (Å²) in [6, 6.07) is 12.8. The fraction of sp³-hybridized carbons (Fsp3) is 0.211. The van der Waals surface area contributed by atoms with Crippen LogP contribution in [0.5, 0.6) is 0 Å². The van der Waals surface area contributed by atoms with Crippen LogP contribution >= 0.6 is 23.2 Å². The number of carbonyl (C=O) groups excluding carboxylic acids is 1. The minimum Gasteiger partial charge on any atom is -0.334 e. The molecule has 1 unspecified atom stereocenters. The van der Waals surface area contributed by atoms with Gasteiger partial charge in [0.1, 0.15) is 0 Å². The van der Waals surface area contributed by atoms with Crippen molar-refractivity contribution in [1.82, 2.24) is 10.1 Å². The molecule has 2 aromatic carbocycles. The van der Waals surface area contributed by atoms with Crippen LogP contribution in [-0.4, -0.2) is 22.6 Å². The number of nitrogens with zero attached hydrogens (tertiary/aromatic N) is 3. The predicted octanol–water partition coefficient (Wildman–Crippen LogP) is 4.87. The van der Waals surface area contributed by atoms with Gasteiger partial charge in [-0.25, -0.2) is 0 Å². The van der Waals surface area contributed by atoms with Gasteiger partial charge in [-0.2, -0.15) is 4.98 Å². The van der Waals surface area contributed by atoms with Gasteiger partial charge in [0.05, 0.1) is 0 Å². The molecule has 3 aromatic rings. The first-order chi connectivity index (χ1) is 12.5. The number of amides is 1. The van der Waals surface area contributed by atoms with Crippen LogP contribution in [0.3, 0.4) is 0 Å². The summed E-state index contributed by atoms with van der Waals surface area (Å²) in [5.74, 6) is 0.809. The molecule has 4 rings (SSSR count). The molecule has 5 nitrogen and oxygen atoms in total. The molecule has 1 aromatic heterocycles. The summed E-state index contributed by atoms with van der Waals surface area (Å²) in [7, 11) is 0. The summed E-state index contributed by atoms with van der Waals surface area (Å²) in [6.45, 7) is 2.42. The zero-order valence-corrected chi connectivity index (χ0v) is 15.5. The van der Waals surface area contributed by atoms with Crippen LogP contribution in [0.2, 0.25) is 10.0 Å². The molecule has 2 heterocycles. The topological polar surface area (TPSA) is 59.2 Å². The van der Waals surface area contributed by atoms with Gasteiger partial charge >= 0.3 is 0 Å². The molecule has 1 fully saturated rings. The van der Waals surface area contributed by atoms with Crippen molar-refractivity contribution in [2.24, 2.45) is 0 Å². The van der Waals surface area contributed by atoms with Gasteiger partial charge in [0.25, 0.3) is 5.89 Å². The van der Waals surface area contributed by atoms with Crippen LogP contribution in [0.1, 0.15) is 23.7 Å². The molecule has 0 aliphatic carbocycles. The number of anilines is 1. The second kappa shape index (κ2) is 6.74. The number of aromatic nitrogens is 2. The first kappa shape index (κ1) is 17.1. The molecule has 0 radical (unpaired) electrons. The largest absolute Gasteiger partial charge is 0.334 e. The molecule has 0 spiro atoms. The molecule has 1 aliphatic heterocycles. The summed E-state index contributed by atoms with van der Waals surface area (Å²) in [4.78, 5) is 18.6. The number of hydrogen-bond donors (Lipinski definition) is 0. The van der Waals surface area contributed by atoms with E-state index in [1.54, 1.807) is 17.0 Å². The number of rotatable bonds is 3. The molecule has 0 N–H and O–H groups in total. The fourth-order valence-corrected chi connectivity index (χ4v) is 3.38. The van der Waals surface area contributed by atoms with E-state index in [1.165, 1.54) is 0 Å². The van der Waals surface area contributed by atoms with E-state index in [2.05, 4.69) is 10.1 Å². The maximum Gasteiger partial charge on any atom is 0.257 e. The van der Waals surface area contributed by atoms with Crippen molar-refractivity contribution in [3.63, 3.8) is 0 Å². The van der Waals surface area contributed by atoms with Gasteiger partial charge < -0.3 is 9.42 Å². The average Bonchev–Trinajstić information content (AvgIpc) is 3.24. The lowest BCUT2D eigenvalue weighted by atomic mass is 10.1. The van der Waals surface area contributed by atoms with Crippen molar-refractivity contribution in [3.8, 4) is 11.5 Å². The maximum absolute atomic E-state index is 12.5. The van der Waals surface area contributed by atoms with Crippen LogP contribution in [-0.2, 0) is 4.79 Å². The Bertz CT molecular complexity index is 986.